The molecule has 0 aliphatic carbocycles. The summed E-state index contributed by atoms with van der Waals surface area (Å²) in [6.45, 7) is 5.40. The van der Waals surface area contributed by atoms with Crippen molar-refractivity contribution in [3.8, 4) is 0 Å². The van der Waals surface area contributed by atoms with Gasteiger partial charge in [0, 0.05) is 35.6 Å². The highest BCUT2D eigenvalue weighted by atomic mass is 16.8. The number of carbonyl (C=O) groups is 1. The SMILES string of the molecule is Cc1[nH]c2ccccc2c1CCNCc1ccc(/C=C/C(=O)NO[C@H]2C[C@H](O)[C@@H](O)[C@H](C)O2)cc1. The average molecular weight is 480 g/mol. The number of rotatable bonds is 9. The predicted molar refractivity (Wildman–Crippen MR) is 134 cm³/mol. The molecule has 0 spiro atoms. The molecule has 0 bridgehead atoms. The lowest BCUT2D eigenvalue weighted by Crippen LogP contribution is -2.49. The van der Waals surface area contributed by atoms with Crippen molar-refractivity contribution >= 4 is 22.9 Å². The topological polar surface area (TPSA) is 116 Å². The molecule has 0 unspecified atom stereocenters. The Morgan fingerprint density at radius 3 is 2.74 bits per heavy atom. The third-order valence-electron chi connectivity index (χ3n) is 6.28. The summed E-state index contributed by atoms with van der Waals surface area (Å²) < 4.78 is 5.40. The quantitative estimate of drug-likeness (QED) is 0.183. The van der Waals surface area contributed by atoms with Crippen LogP contribution in [0.4, 0.5) is 0 Å². The first-order chi connectivity index (χ1) is 16.9. The summed E-state index contributed by atoms with van der Waals surface area (Å²) >= 11 is 0. The van der Waals surface area contributed by atoms with E-state index >= 15 is 0 Å². The summed E-state index contributed by atoms with van der Waals surface area (Å²) in [5.74, 6) is -0.444. The van der Waals surface area contributed by atoms with Gasteiger partial charge in [-0.3, -0.25) is 4.79 Å². The zero-order valence-corrected chi connectivity index (χ0v) is 20.0. The second-order valence-electron chi connectivity index (χ2n) is 8.92. The van der Waals surface area contributed by atoms with Gasteiger partial charge in [-0.15, -0.1) is 0 Å². The number of nitrogens with one attached hydrogen (secondary N) is 3. The smallest absolute Gasteiger partial charge is 0.267 e. The van der Waals surface area contributed by atoms with Crippen LogP contribution in [0.5, 0.6) is 0 Å². The van der Waals surface area contributed by atoms with E-state index in [1.54, 1.807) is 13.0 Å². The van der Waals surface area contributed by atoms with Gasteiger partial charge in [0.1, 0.15) is 6.10 Å². The molecule has 186 valence electrons. The lowest BCUT2D eigenvalue weighted by atomic mass is 10.0. The highest BCUT2D eigenvalue weighted by molar-refractivity contribution is 5.91. The van der Waals surface area contributed by atoms with Crippen LogP contribution in [-0.4, -0.2) is 52.3 Å². The summed E-state index contributed by atoms with van der Waals surface area (Å²) in [5.41, 5.74) is 8.10. The molecular formula is C27H33N3O5. The average Bonchev–Trinajstić information content (AvgIpc) is 3.18. The molecule has 1 saturated heterocycles. The third kappa shape index (κ3) is 6.56. The number of aryl methyl sites for hydroxylation is 1. The standard InChI is InChI=1S/C27H33N3O5/c1-17-21(22-5-3-4-6-23(22)29-17)13-14-28-16-20-9-7-19(8-10-20)11-12-25(32)30-35-26-15-24(31)27(33)18(2)34-26/h3-12,18,24,26-29,31,33H,13-16H2,1-2H3,(H,30,32)/b12-11+/t18-,24-,26-,27-/m0/s1. The van der Waals surface area contributed by atoms with Crippen LogP contribution in [0.3, 0.4) is 0 Å². The maximum absolute atomic E-state index is 12.0. The number of carbonyl (C=O) groups excluding carboxylic acids is 1. The van der Waals surface area contributed by atoms with Crippen molar-refractivity contribution in [2.75, 3.05) is 6.54 Å². The van der Waals surface area contributed by atoms with Crippen LogP contribution >= 0.6 is 0 Å². The van der Waals surface area contributed by atoms with Gasteiger partial charge >= 0.3 is 0 Å². The molecule has 2 aromatic carbocycles. The fourth-order valence-electron chi connectivity index (χ4n) is 4.28. The van der Waals surface area contributed by atoms with Crippen LogP contribution in [0.2, 0.25) is 0 Å². The molecule has 1 aromatic heterocycles. The summed E-state index contributed by atoms with van der Waals surface area (Å²) in [6.07, 6.45) is 0.778. The van der Waals surface area contributed by atoms with Gasteiger partial charge in [-0.1, -0.05) is 42.5 Å². The number of benzene rings is 2. The Morgan fingerprint density at radius 2 is 1.97 bits per heavy atom. The van der Waals surface area contributed by atoms with Crippen molar-refractivity contribution in [3.05, 3.63) is 77.0 Å². The molecule has 1 aliphatic rings. The second-order valence-corrected chi connectivity index (χ2v) is 8.92. The zero-order valence-electron chi connectivity index (χ0n) is 20.0. The van der Waals surface area contributed by atoms with E-state index < -0.39 is 30.5 Å². The number of aromatic amines is 1. The first kappa shape index (κ1) is 25.1. The number of hydrogen-bond acceptors (Lipinski definition) is 6. The number of aliphatic hydroxyl groups is 2. The van der Waals surface area contributed by atoms with Gasteiger partial charge in [0.15, 0.2) is 6.29 Å². The van der Waals surface area contributed by atoms with Crippen LogP contribution in [0.15, 0.2) is 54.6 Å². The Kier molecular flexibility index (Phi) is 8.33. The van der Waals surface area contributed by atoms with Crippen molar-refractivity contribution in [1.82, 2.24) is 15.8 Å². The van der Waals surface area contributed by atoms with E-state index in [2.05, 4.69) is 40.9 Å². The molecule has 5 N–H and O–H groups in total. The number of aliphatic hydroxyl groups excluding tert-OH is 2. The first-order valence-electron chi connectivity index (χ1n) is 11.9. The van der Waals surface area contributed by atoms with E-state index in [1.165, 1.54) is 28.2 Å². The number of ether oxygens (including phenoxy) is 1. The second kappa shape index (κ2) is 11.6. The Hall–Kier alpha value is -3.01. The number of H-pyrrole nitrogens is 1. The van der Waals surface area contributed by atoms with Gasteiger partial charge in [0.25, 0.3) is 5.91 Å². The lowest BCUT2D eigenvalue weighted by Gasteiger charge is -2.34. The van der Waals surface area contributed by atoms with Gasteiger partial charge in [0.05, 0.1) is 12.2 Å². The molecule has 3 aromatic rings. The molecule has 4 atom stereocenters. The minimum atomic E-state index is -0.965. The molecule has 1 fully saturated rings. The third-order valence-corrected chi connectivity index (χ3v) is 6.28. The maximum atomic E-state index is 12.0. The van der Waals surface area contributed by atoms with Gasteiger partial charge in [-0.25, -0.2) is 10.3 Å². The normalized spacial score (nSPS) is 22.6. The number of amides is 1. The van der Waals surface area contributed by atoms with Crippen molar-refractivity contribution < 1.29 is 24.6 Å². The van der Waals surface area contributed by atoms with Crippen LogP contribution in [0.1, 0.15) is 35.7 Å². The minimum Gasteiger partial charge on any atom is -0.390 e. The lowest BCUT2D eigenvalue weighted by molar-refractivity contribution is -0.262. The van der Waals surface area contributed by atoms with Crippen molar-refractivity contribution in [2.24, 2.45) is 0 Å². The van der Waals surface area contributed by atoms with E-state index in [-0.39, 0.29) is 6.42 Å². The van der Waals surface area contributed by atoms with E-state index in [0.29, 0.717) is 0 Å². The minimum absolute atomic E-state index is 0.0758. The highest BCUT2D eigenvalue weighted by Gasteiger charge is 2.35. The molecule has 35 heavy (non-hydrogen) atoms. The van der Waals surface area contributed by atoms with Gasteiger partial charge in [-0.2, -0.15) is 0 Å². The van der Waals surface area contributed by atoms with E-state index in [9.17, 15) is 15.0 Å². The van der Waals surface area contributed by atoms with Crippen LogP contribution in [0, 0.1) is 6.92 Å². The summed E-state index contributed by atoms with van der Waals surface area (Å²) in [4.78, 5) is 20.7. The monoisotopic (exact) mass is 479 g/mol. The fraction of sp³-hybridized carbons (Fsp3) is 0.370. The Labute approximate surface area is 204 Å². The first-order valence-corrected chi connectivity index (χ1v) is 11.9. The number of aromatic nitrogens is 1. The molecule has 8 heteroatoms. The molecular weight excluding hydrogens is 446 g/mol. The number of hydroxylamine groups is 1. The van der Waals surface area contributed by atoms with Gasteiger partial charge in [-0.05, 0) is 55.6 Å². The van der Waals surface area contributed by atoms with E-state index in [4.69, 9.17) is 9.57 Å². The van der Waals surface area contributed by atoms with Crippen LogP contribution < -0.4 is 10.8 Å². The molecule has 2 heterocycles. The number of para-hydroxylation sites is 1. The van der Waals surface area contributed by atoms with Gasteiger partial charge < -0.3 is 25.3 Å². The van der Waals surface area contributed by atoms with Crippen molar-refractivity contribution in [3.63, 3.8) is 0 Å². The van der Waals surface area contributed by atoms with E-state index in [1.807, 2.05) is 30.3 Å². The van der Waals surface area contributed by atoms with Crippen LogP contribution in [-0.2, 0) is 27.3 Å². The number of fused-ring (bicyclic) bond motifs is 1. The molecule has 8 nitrogen and oxygen atoms in total. The predicted octanol–water partition coefficient (Wildman–Crippen LogP) is 2.73. The van der Waals surface area contributed by atoms with Gasteiger partial charge in [0.2, 0.25) is 0 Å². The molecule has 0 radical (unpaired) electrons. The molecule has 0 saturated carbocycles. The zero-order chi connectivity index (χ0) is 24.8. The summed E-state index contributed by atoms with van der Waals surface area (Å²) in [7, 11) is 0. The van der Waals surface area contributed by atoms with Crippen molar-refractivity contribution in [2.45, 2.75) is 57.8 Å². The molecule has 1 amide bonds. The fourth-order valence-corrected chi connectivity index (χ4v) is 4.28. The Morgan fingerprint density at radius 1 is 1.20 bits per heavy atom. The Balaban J connectivity index is 1.18. The Bertz CT molecular complexity index is 1150. The summed E-state index contributed by atoms with van der Waals surface area (Å²) in [6, 6.07) is 16.4. The van der Waals surface area contributed by atoms with Crippen molar-refractivity contribution in [1.29, 1.82) is 0 Å². The number of hydrogen-bond donors (Lipinski definition) is 5. The van der Waals surface area contributed by atoms with Crippen LogP contribution in [0.25, 0.3) is 17.0 Å². The highest BCUT2D eigenvalue weighted by Crippen LogP contribution is 2.22. The molecule has 4 rings (SSSR count). The maximum Gasteiger partial charge on any atom is 0.267 e. The largest absolute Gasteiger partial charge is 0.390 e. The summed E-state index contributed by atoms with van der Waals surface area (Å²) in [5, 5.41) is 24.2. The van der Waals surface area contributed by atoms with E-state index in [0.717, 1.165) is 30.6 Å². The molecule has 1 aliphatic heterocycles.